The summed E-state index contributed by atoms with van der Waals surface area (Å²) in [6.45, 7) is 0. The van der Waals surface area contributed by atoms with Gasteiger partial charge >= 0.3 is 0 Å². The first-order chi connectivity index (χ1) is 20.3. The molecule has 11 heteroatoms. The first-order valence-corrected chi connectivity index (χ1v) is 12.6. The minimum Gasteiger partial charge on any atom is -0.495 e. The molecule has 0 spiro atoms. The van der Waals surface area contributed by atoms with Crippen LogP contribution < -0.4 is 20.8 Å². The number of benzene rings is 4. The molecule has 3 N–H and O–H groups in total. The second-order valence-electron chi connectivity index (χ2n) is 9.04. The summed E-state index contributed by atoms with van der Waals surface area (Å²) in [5.74, 6) is -1.41. The van der Waals surface area contributed by atoms with Crippen LogP contribution in [0, 0.1) is 10.1 Å². The maximum atomic E-state index is 13.5. The Hall–Kier alpha value is -6.10. The lowest BCUT2D eigenvalue weighted by molar-refractivity contribution is -0.384. The molecule has 0 saturated heterocycles. The third-order valence-corrected chi connectivity index (χ3v) is 6.32. The third kappa shape index (κ3) is 5.89. The van der Waals surface area contributed by atoms with Crippen molar-refractivity contribution in [1.29, 1.82) is 0 Å². The number of nitrogens with zero attached hydrogens (tertiary/aromatic N) is 2. The summed E-state index contributed by atoms with van der Waals surface area (Å²) >= 11 is 0. The monoisotopic (exact) mass is 561 g/mol. The minimum absolute atomic E-state index is 0.0431. The van der Waals surface area contributed by atoms with Crippen LogP contribution in [-0.2, 0) is 9.59 Å². The number of Topliss-reactive ketones (excluding diaryl/α,β-unsaturated/α-hetero) is 1. The number of hydrogen-bond donors (Lipinski definition) is 3. The van der Waals surface area contributed by atoms with Crippen molar-refractivity contribution < 1.29 is 24.0 Å². The van der Waals surface area contributed by atoms with E-state index in [0.29, 0.717) is 33.8 Å². The van der Waals surface area contributed by atoms with Gasteiger partial charge in [-0.15, -0.1) is 0 Å². The van der Waals surface area contributed by atoms with Gasteiger partial charge in [0.15, 0.2) is 0 Å². The first-order valence-electron chi connectivity index (χ1n) is 12.6. The number of carbonyl (C=O) groups is 3. The Kier molecular flexibility index (Phi) is 7.82. The molecule has 0 unspecified atom stereocenters. The number of para-hydroxylation sites is 1. The topological polar surface area (TPSA) is 152 Å². The van der Waals surface area contributed by atoms with Crippen LogP contribution in [0.1, 0.15) is 21.5 Å². The summed E-state index contributed by atoms with van der Waals surface area (Å²) in [7, 11) is 1.46. The van der Waals surface area contributed by atoms with Crippen LogP contribution in [0.25, 0.3) is 6.08 Å². The number of hydrogen-bond acceptors (Lipinski definition) is 8. The number of ketones is 1. The fraction of sp³-hybridized carbons (Fsp3) is 0.0323. The Balaban J connectivity index is 1.43. The molecule has 11 nitrogen and oxygen atoms in total. The highest BCUT2D eigenvalue weighted by molar-refractivity contribution is 6.59. The van der Waals surface area contributed by atoms with Crippen LogP contribution in [0.2, 0.25) is 0 Å². The molecule has 42 heavy (non-hydrogen) atoms. The molecule has 0 heterocycles. The van der Waals surface area contributed by atoms with E-state index in [1.807, 2.05) is 6.07 Å². The Morgan fingerprint density at radius 1 is 0.833 bits per heavy atom. The number of carbonyl (C=O) groups excluding carboxylic acids is 3. The smallest absolute Gasteiger partial charge is 0.271 e. The molecule has 4 aromatic rings. The molecule has 0 bridgehead atoms. The molecule has 1 aliphatic carbocycles. The van der Waals surface area contributed by atoms with E-state index in [4.69, 9.17) is 4.74 Å². The molecule has 0 saturated carbocycles. The van der Waals surface area contributed by atoms with Crippen molar-refractivity contribution in [3.8, 4) is 5.75 Å². The molecule has 0 fully saturated rings. The average Bonchev–Trinajstić information content (AvgIpc) is 3.00. The standard InChI is InChI=1S/C31H23N5O6/c1-42-27-15-14-20(30(38)32-21-9-3-2-4-10-21)17-26(27)34-35-28-24-13-6-5-8-19(24)16-25(29(28)37)31(39)33-22-11-7-12-23(18-22)36(40)41/h2-18,34H,1H3,(H,32,38)(H,33,39)/b35-28+. The molecule has 1 aliphatic rings. The number of non-ortho nitro benzene ring substituents is 1. The van der Waals surface area contributed by atoms with Crippen LogP contribution in [0.3, 0.4) is 0 Å². The number of amides is 2. The number of nitrogens with one attached hydrogen (secondary N) is 3. The summed E-state index contributed by atoms with van der Waals surface area (Å²) in [5.41, 5.74) is 4.84. The Bertz CT molecular complexity index is 1780. The van der Waals surface area contributed by atoms with Crippen molar-refractivity contribution in [3.63, 3.8) is 0 Å². The molecule has 0 aliphatic heterocycles. The number of methoxy groups -OCH3 is 1. The second-order valence-corrected chi connectivity index (χ2v) is 9.04. The highest BCUT2D eigenvalue weighted by Gasteiger charge is 2.30. The minimum atomic E-state index is -0.750. The predicted octanol–water partition coefficient (Wildman–Crippen LogP) is 5.28. The van der Waals surface area contributed by atoms with E-state index < -0.39 is 16.6 Å². The molecule has 208 valence electrons. The predicted molar refractivity (Wildman–Crippen MR) is 159 cm³/mol. The van der Waals surface area contributed by atoms with Gasteiger partial charge in [-0.1, -0.05) is 48.5 Å². The van der Waals surface area contributed by atoms with E-state index in [-0.39, 0.29) is 28.6 Å². The van der Waals surface area contributed by atoms with Crippen LogP contribution in [0.15, 0.2) is 108 Å². The lowest BCUT2D eigenvalue weighted by Crippen LogP contribution is -2.30. The summed E-state index contributed by atoms with van der Waals surface area (Å²) in [5, 5.41) is 20.8. The lowest BCUT2D eigenvalue weighted by Gasteiger charge is -2.18. The van der Waals surface area contributed by atoms with Gasteiger partial charge in [0.25, 0.3) is 17.5 Å². The fourth-order valence-corrected chi connectivity index (χ4v) is 4.26. The van der Waals surface area contributed by atoms with Crippen molar-refractivity contribution in [2.75, 3.05) is 23.2 Å². The molecule has 0 atom stereocenters. The van der Waals surface area contributed by atoms with Gasteiger partial charge in [0.05, 0.1) is 23.3 Å². The zero-order chi connectivity index (χ0) is 29.6. The van der Waals surface area contributed by atoms with E-state index >= 15 is 0 Å². The summed E-state index contributed by atoms with van der Waals surface area (Å²) < 4.78 is 5.41. The van der Waals surface area contributed by atoms with Crippen molar-refractivity contribution in [3.05, 3.63) is 129 Å². The maximum absolute atomic E-state index is 13.5. The van der Waals surface area contributed by atoms with Crippen LogP contribution in [0.5, 0.6) is 5.75 Å². The summed E-state index contributed by atoms with van der Waals surface area (Å²) in [6, 6.07) is 26.0. The van der Waals surface area contributed by atoms with E-state index in [1.165, 1.54) is 43.5 Å². The average molecular weight is 562 g/mol. The first kappa shape index (κ1) is 27.5. The number of ether oxygens (including phenoxy) is 1. The van der Waals surface area contributed by atoms with Gasteiger partial charge in [-0.25, -0.2) is 0 Å². The van der Waals surface area contributed by atoms with Crippen LogP contribution in [-0.4, -0.2) is 35.3 Å². The van der Waals surface area contributed by atoms with Crippen molar-refractivity contribution in [2.45, 2.75) is 0 Å². The number of anilines is 3. The molecule has 0 aromatic heterocycles. The lowest BCUT2D eigenvalue weighted by atomic mass is 9.89. The molecular formula is C31H23N5O6. The van der Waals surface area contributed by atoms with Crippen LogP contribution in [0.4, 0.5) is 22.7 Å². The molecule has 2 amide bonds. The Labute approximate surface area is 239 Å². The highest BCUT2D eigenvalue weighted by Crippen LogP contribution is 2.28. The number of hydrazone groups is 1. The SMILES string of the molecule is COc1ccc(C(=O)Nc2ccccc2)cc1N/N=C1/C(=O)C(C(=O)Nc2cccc([N+](=O)[O-])c2)=Cc2ccccc21. The zero-order valence-corrected chi connectivity index (χ0v) is 22.2. The van der Waals surface area contributed by atoms with Gasteiger partial charge in [0.1, 0.15) is 11.5 Å². The number of nitro groups is 1. The summed E-state index contributed by atoms with van der Waals surface area (Å²) in [6.07, 6.45) is 1.44. The van der Waals surface area contributed by atoms with Gasteiger partial charge in [-0.05, 0) is 48.0 Å². The molecule has 5 rings (SSSR count). The number of rotatable bonds is 8. The third-order valence-electron chi connectivity index (χ3n) is 6.32. The number of nitro benzene ring substituents is 1. The van der Waals surface area contributed by atoms with Gasteiger partial charge in [0.2, 0.25) is 5.78 Å². The maximum Gasteiger partial charge on any atom is 0.271 e. The van der Waals surface area contributed by atoms with Crippen LogP contribution >= 0.6 is 0 Å². The molecule has 0 radical (unpaired) electrons. The van der Waals surface area contributed by atoms with Crippen molar-refractivity contribution in [2.24, 2.45) is 5.10 Å². The van der Waals surface area contributed by atoms with E-state index in [2.05, 4.69) is 21.2 Å². The van der Waals surface area contributed by atoms with E-state index in [9.17, 15) is 24.5 Å². The van der Waals surface area contributed by atoms with Gasteiger partial charge < -0.3 is 15.4 Å². The zero-order valence-electron chi connectivity index (χ0n) is 22.2. The Morgan fingerprint density at radius 2 is 1.55 bits per heavy atom. The Morgan fingerprint density at radius 3 is 2.31 bits per heavy atom. The highest BCUT2D eigenvalue weighted by atomic mass is 16.6. The summed E-state index contributed by atoms with van der Waals surface area (Å²) in [4.78, 5) is 50.1. The van der Waals surface area contributed by atoms with Crippen molar-refractivity contribution in [1.82, 2.24) is 0 Å². The second kappa shape index (κ2) is 12.0. The number of fused-ring (bicyclic) bond motifs is 1. The fourth-order valence-electron chi connectivity index (χ4n) is 4.26. The normalized spacial score (nSPS) is 13.0. The van der Waals surface area contributed by atoms with Gasteiger partial charge in [0, 0.05) is 34.6 Å². The largest absolute Gasteiger partial charge is 0.495 e. The van der Waals surface area contributed by atoms with Crippen molar-refractivity contribution >= 4 is 52.1 Å². The van der Waals surface area contributed by atoms with Gasteiger partial charge in [-0.2, -0.15) is 5.10 Å². The van der Waals surface area contributed by atoms with Gasteiger partial charge in [-0.3, -0.25) is 29.9 Å². The quantitative estimate of drug-likeness (QED) is 0.150. The molecule has 4 aromatic carbocycles. The van der Waals surface area contributed by atoms with E-state index in [0.717, 1.165) is 0 Å². The molecular weight excluding hydrogens is 538 g/mol. The van der Waals surface area contributed by atoms with E-state index in [1.54, 1.807) is 60.7 Å².